The minimum absolute atomic E-state index is 0.896. The Kier molecular flexibility index (Phi) is 5.62. The second-order valence-electron chi connectivity index (χ2n) is 6.77. The molecule has 5 nitrogen and oxygen atoms in total. The third-order valence-corrected chi connectivity index (χ3v) is 5.13. The van der Waals surface area contributed by atoms with Crippen LogP contribution in [0.1, 0.15) is 25.7 Å². The minimum Gasteiger partial charge on any atom is -0.341 e. The molecule has 22 heavy (non-hydrogen) atoms. The summed E-state index contributed by atoms with van der Waals surface area (Å²) in [7, 11) is 2.22. The van der Waals surface area contributed by atoms with Crippen LogP contribution in [-0.4, -0.2) is 72.6 Å². The van der Waals surface area contributed by atoms with Crippen molar-refractivity contribution in [1.82, 2.24) is 19.8 Å². The number of hydrogen-bond donors (Lipinski definition) is 0. The van der Waals surface area contributed by atoms with Gasteiger partial charge in [0, 0.05) is 51.7 Å². The molecular formula is C17H29N5. The summed E-state index contributed by atoms with van der Waals surface area (Å²) in [5, 5.41) is 0. The molecule has 2 aliphatic heterocycles. The zero-order valence-corrected chi connectivity index (χ0v) is 13.8. The first-order valence-corrected chi connectivity index (χ1v) is 8.74. The van der Waals surface area contributed by atoms with Crippen LogP contribution in [0.2, 0.25) is 0 Å². The lowest BCUT2D eigenvalue weighted by Gasteiger charge is -2.34. The van der Waals surface area contributed by atoms with Gasteiger partial charge in [0.1, 0.15) is 0 Å². The second kappa shape index (κ2) is 7.88. The van der Waals surface area contributed by atoms with Crippen LogP contribution in [0, 0.1) is 5.92 Å². The van der Waals surface area contributed by atoms with E-state index in [1.807, 2.05) is 18.5 Å². The molecule has 0 N–H and O–H groups in total. The van der Waals surface area contributed by atoms with Crippen LogP contribution in [0.3, 0.4) is 0 Å². The highest BCUT2D eigenvalue weighted by atomic mass is 15.3. The van der Waals surface area contributed by atoms with Gasteiger partial charge >= 0.3 is 0 Å². The molecular weight excluding hydrogens is 274 g/mol. The van der Waals surface area contributed by atoms with Crippen molar-refractivity contribution in [3.8, 4) is 0 Å². The van der Waals surface area contributed by atoms with E-state index < -0.39 is 0 Å². The number of nitrogens with zero attached hydrogens (tertiary/aromatic N) is 5. The Labute approximate surface area is 134 Å². The number of rotatable bonds is 5. The smallest absolute Gasteiger partial charge is 0.225 e. The number of hydrogen-bond acceptors (Lipinski definition) is 5. The molecule has 0 unspecified atom stereocenters. The van der Waals surface area contributed by atoms with Gasteiger partial charge in [-0.3, -0.25) is 0 Å². The average Bonchev–Trinajstić information content (AvgIpc) is 2.58. The van der Waals surface area contributed by atoms with E-state index in [1.54, 1.807) is 0 Å². The molecule has 0 aromatic carbocycles. The predicted octanol–water partition coefficient (Wildman–Crippen LogP) is 1.72. The van der Waals surface area contributed by atoms with Crippen molar-refractivity contribution in [1.29, 1.82) is 0 Å². The summed E-state index contributed by atoms with van der Waals surface area (Å²) in [5.74, 6) is 1.80. The fourth-order valence-corrected chi connectivity index (χ4v) is 3.55. The van der Waals surface area contributed by atoms with Crippen LogP contribution in [0.15, 0.2) is 18.5 Å². The molecule has 0 spiro atoms. The Balaban J connectivity index is 1.32. The fraction of sp³-hybridized carbons (Fsp3) is 0.765. The highest BCUT2D eigenvalue weighted by molar-refractivity contribution is 5.28. The Morgan fingerprint density at radius 3 is 2.36 bits per heavy atom. The number of anilines is 1. The van der Waals surface area contributed by atoms with Crippen LogP contribution in [-0.2, 0) is 0 Å². The third kappa shape index (κ3) is 4.40. The standard InChI is InChI=1S/C17H29N5/c1-20-12-14-21(15-13-20)9-2-4-16-5-10-22(11-6-16)17-18-7-3-8-19-17/h3,7-8,16H,2,4-6,9-15H2,1H3. The Morgan fingerprint density at radius 2 is 1.68 bits per heavy atom. The Bertz CT molecular complexity index is 422. The number of piperidine rings is 1. The van der Waals surface area contributed by atoms with E-state index in [1.165, 1.54) is 58.4 Å². The van der Waals surface area contributed by atoms with Crippen LogP contribution < -0.4 is 4.90 Å². The van der Waals surface area contributed by atoms with Crippen molar-refractivity contribution in [2.45, 2.75) is 25.7 Å². The van der Waals surface area contributed by atoms with Crippen molar-refractivity contribution in [3.05, 3.63) is 18.5 Å². The van der Waals surface area contributed by atoms with Crippen LogP contribution >= 0.6 is 0 Å². The molecule has 1 aromatic heterocycles. The van der Waals surface area contributed by atoms with Gasteiger partial charge in [0.25, 0.3) is 0 Å². The molecule has 1 aromatic rings. The lowest BCUT2D eigenvalue weighted by molar-refractivity contribution is 0.149. The molecule has 0 saturated carbocycles. The zero-order chi connectivity index (χ0) is 15.2. The second-order valence-corrected chi connectivity index (χ2v) is 6.77. The average molecular weight is 303 g/mol. The highest BCUT2D eigenvalue weighted by Crippen LogP contribution is 2.24. The molecule has 122 valence electrons. The van der Waals surface area contributed by atoms with Crippen LogP contribution in [0.5, 0.6) is 0 Å². The van der Waals surface area contributed by atoms with E-state index in [0.29, 0.717) is 0 Å². The number of likely N-dealkylation sites (N-methyl/N-ethyl adjacent to an activating group) is 1. The quantitative estimate of drug-likeness (QED) is 0.828. The van der Waals surface area contributed by atoms with Gasteiger partial charge in [-0.1, -0.05) is 0 Å². The maximum Gasteiger partial charge on any atom is 0.225 e. The monoisotopic (exact) mass is 303 g/mol. The van der Waals surface area contributed by atoms with E-state index in [0.717, 1.165) is 25.0 Å². The molecule has 2 aliphatic rings. The SMILES string of the molecule is CN1CCN(CCCC2CCN(c3ncccn3)CC2)CC1. The first-order valence-electron chi connectivity index (χ1n) is 8.74. The highest BCUT2D eigenvalue weighted by Gasteiger charge is 2.21. The number of aromatic nitrogens is 2. The van der Waals surface area contributed by atoms with E-state index in [-0.39, 0.29) is 0 Å². The lowest BCUT2D eigenvalue weighted by Crippen LogP contribution is -2.44. The van der Waals surface area contributed by atoms with E-state index >= 15 is 0 Å². The molecule has 0 atom stereocenters. The van der Waals surface area contributed by atoms with Gasteiger partial charge in [-0.2, -0.15) is 0 Å². The summed E-state index contributed by atoms with van der Waals surface area (Å²) < 4.78 is 0. The molecule has 2 saturated heterocycles. The van der Waals surface area contributed by atoms with Gasteiger partial charge in [0.2, 0.25) is 5.95 Å². The van der Waals surface area contributed by atoms with Crippen molar-refractivity contribution in [2.75, 3.05) is 57.8 Å². The zero-order valence-electron chi connectivity index (χ0n) is 13.8. The molecule has 0 aliphatic carbocycles. The molecule has 0 bridgehead atoms. The largest absolute Gasteiger partial charge is 0.341 e. The topological polar surface area (TPSA) is 35.5 Å². The first kappa shape index (κ1) is 15.7. The summed E-state index contributed by atoms with van der Waals surface area (Å²) in [5.41, 5.74) is 0. The molecule has 0 amide bonds. The van der Waals surface area contributed by atoms with Crippen LogP contribution in [0.25, 0.3) is 0 Å². The predicted molar refractivity (Wildman–Crippen MR) is 90.1 cm³/mol. The maximum atomic E-state index is 4.36. The van der Waals surface area contributed by atoms with E-state index in [2.05, 4.69) is 31.7 Å². The first-order chi connectivity index (χ1) is 10.8. The van der Waals surface area contributed by atoms with Gasteiger partial charge in [-0.05, 0) is 51.3 Å². The lowest BCUT2D eigenvalue weighted by atomic mass is 9.92. The summed E-state index contributed by atoms with van der Waals surface area (Å²) >= 11 is 0. The molecule has 3 heterocycles. The van der Waals surface area contributed by atoms with Crippen molar-refractivity contribution in [2.24, 2.45) is 5.92 Å². The van der Waals surface area contributed by atoms with Gasteiger partial charge < -0.3 is 14.7 Å². The minimum atomic E-state index is 0.896. The number of piperazine rings is 1. The normalized spacial score (nSPS) is 22.1. The molecule has 3 rings (SSSR count). The molecule has 0 radical (unpaired) electrons. The molecule has 5 heteroatoms. The van der Waals surface area contributed by atoms with Crippen molar-refractivity contribution in [3.63, 3.8) is 0 Å². The third-order valence-electron chi connectivity index (χ3n) is 5.13. The van der Waals surface area contributed by atoms with E-state index in [9.17, 15) is 0 Å². The summed E-state index contributed by atoms with van der Waals surface area (Å²) in [4.78, 5) is 16.1. The van der Waals surface area contributed by atoms with Crippen LogP contribution in [0.4, 0.5) is 5.95 Å². The van der Waals surface area contributed by atoms with Gasteiger partial charge in [0.15, 0.2) is 0 Å². The molecule has 2 fully saturated rings. The van der Waals surface area contributed by atoms with Crippen molar-refractivity contribution >= 4 is 5.95 Å². The fourth-order valence-electron chi connectivity index (χ4n) is 3.55. The van der Waals surface area contributed by atoms with Gasteiger partial charge in [-0.15, -0.1) is 0 Å². The summed E-state index contributed by atoms with van der Waals surface area (Å²) in [6, 6.07) is 1.88. The maximum absolute atomic E-state index is 4.36. The van der Waals surface area contributed by atoms with Crippen molar-refractivity contribution < 1.29 is 0 Å². The Hall–Kier alpha value is -1.20. The van der Waals surface area contributed by atoms with E-state index in [4.69, 9.17) is 0 Å². The Morgan fingerprint density at radius 1 is 1.00 bits per heavy atom. The summed E-state index contributed by atoms with van der Waals surface area (Å²) in [6.07, 6.45) is 9.00. The van der Waals surface area contributed by atoms with Gasteiger partial charge in [0.05, 0.1) is 0 Å². The van der Waals surface area contributed by atoms with Gasteiger partial charge in [-0.25, -0.2) is 9.97 Å². The summed E-state index contributed by atoms with van der Waals surface area (Å²) in [6.45, 7) is 8.48.